The van der Waals surface area contributed by atoms with Crippen molar-refractivity contribution in [2.75, 3.05) is 5.88 Å². The Balaban J connectivity index is 2.16. The van der Waals surface area contributed by atoms with Crippen molar-refractivity contribution in [1.29, 1.82) is 0 Å². The molecule has 1 amide bonds. The zero-order chi connectivity index (χ0) is 14.8. The number of hydrogen-bond acceptors (Lipinski definition) is 3. The third kappa shape index (κ3) is 3.07. The smallest absolute Gasteiger partial charge is 0.240 e. The first-order chi connectivity index (χ1) is 10.2. The fourth-order valence-corrected chi connectivity index (χ4v) is 3.21. The number of amides is 1. The molecular weight excluding hydrogens is 327 g/mol. The number of alkyl halides is 1. The molecule has 0 saturated heterocycles. The summed E-state index contributed by atoms with van der Waals surface area (Å²) >= 11 is 13.2. The molecule has 0 bridgehead atoms. The number of halogens is 2. The number of aliphatic imine (C=N–C) groups is 1. The second-order valence-electron chi connectivity index (χ2n) is 4.35. The summed E-state index contributed by atoms with van der Waals surface area (Å²) in [6, 6.07) is 13.3. The van der Waals surface area contributed by atoms with Crippen molar-refractivity contribution in [1.82, 2.24) is 5.32 Å². The molecule has 21 heavy (non-hydrogen) atoms. The van der Waals surface area contributed by atoms with Crippen molar-refractivity contribution in [3.05, 3.63) is 53.1 Å². The van der Waals surface area contributed by atoms with Gasteiger partial charge in [0.15, 0.2) is 0 Å². The minimum atomic E-state index is -0.300. The van der Waals surface area contributed by atoms with Gasteiger partial charge in [-0.2, -0.15) is 0 Å². The van der Waals surface area contributed by atoms with E-state index >= 15 is 0 Å². The summed E-state index contributed by atoms with van der Waals surface area (Å²) in [4.78, 5) is 18.2. The first-order valence-corrected chi connectivity index (χ1v) is 7.91. The first kappa shape index (κ1) is 14.4. The third-order valence-electron chi connectivity index (χ3n) is 2.89. The third-order valence-corrected chi connectivity index (χ3v) is 4.51. The van der Waals surface area contributed by atoms with E-state index < -0.39 is 0 Å². The van der Waals surface area contributed by atoms with E-state index in [0.29, 0.717) is 10.9 Å². The Morgan fingerprint density at radius 3 is 2.81 bits per heavy atom. The van der Waals surface area contributed by atoms with Gasteiger partial charge in [0.05, 0.1) is 5.69 Å². The Hall–Kier alpha value is -1.49. The second-order valence-corrected chi connectivity index (χ2v) is 6.14. The van der Waals surface area contributed by atoms with E-state index in [1.807, 2.05) is 36.4 Å². The van der Waals surface area contributed by atoms with Crippen LogP contribution in [0.25, 0.3) is 0 Å². The molecular formula is C15H10Cl2N2OS. The summed E-state index contributed by atoms with van der Waals surface area (Å²) in [5.74, 6) is 0.0466. The van der Waals surface area contributed by atoms with Crippen LogP contribution < -0.4 is 5.32 Å². The van der Waals surface area contributed by atoms with Crippen LogP contribution >= 0.6 is 35.0 Å². The van der Waals surface area contributed by atoms with E-state index in [4.69, 9.17) is 23.2 Å². The molecule has 0 atom stereocenters. The summed E-state index contributed by atoms with van der Waals surface area (Å²) in [6.45, 7) is 0. The van der Waals surface area contributed by atoms with E-state index in [1.165, 1.54) is 0 Å². The highest BCUT2D eigenvalue weighted by Gasteiger charge is 2.19. The van der Waals surface area contributed by atoms with Gasteiger partial charge in [0.2, 0.25) is 5.91 Å². The van der Waals surface area contributed by atoms with Crippen molar-refractivity contribution in [3.63, 3.8) is 0 Å². The molecule has 0 unspecified atom stereocenters. The Labute approximate surface area is 136 Å². The lowest BCUT2D eigenvalue weighted by Crippen LogP contribution is -2.32. The molecule has 3 nitrogen and oxygen atoms in total. The van der Waals surface area contributed by atoms with Crippen LogP contribution in [0.3, 0.4) is 0 Å². The van der Waals surface area contributed by atoms with Gasteiger partial charge in [-0.3, -0.25) is 4.79 Å². The van der Waals surface area contributed by atoms with E-state index in [2.05, 4.69) is 10.3 Å². The molecule has 1 heterocycles. The lowest BCUT2D eigenvalue weighted by Gasteiger charge is -2.10. The highest BCUT2D eigenvalue weighted by atomic mass is 35.5. The van der Waals surface area contributed by atoms with E-state index in [1.54, 1.807) is 17.8 Å². The molecule has 1 aliphatic rings. The largest absolute Gasteiger partial charge is 0.309 e. The molecule has 6 heteroatoms. The average Bonchev–Trinajstić information content (AvgIpc) is 2.64. The van der Waals surface area contributed by atoms with Crippen LogP contribution in [0.2, 0.25) is 5.02 Å². The minimum absolute atomic E-state index is 0.121. The highest BCUT2D eigenvalue weighted by molar-refractivity contribution is 7.99. The standard InChI is InChI=1S/C15H10Cl2N2OS/c16-8-14(20)19-15-10-7-9(17)5-6-12(10)21-13-4-2-1-3-11(13)18-15/h1-7H,8H2,(H,18,19,20). The van der Waals surface area contributed by atoms with Gasteiger partial charge in [0, 0.05) is 20.4 Å². The van der Waals surface area contributed by atoms with E-state index in [-0.39, 0.29) is 11.8 Å². The number of rotatable bonds is 1. The molecule has 2 aromatic rings. The zero-order valence-electron chi connectivity index (χ0n) is 10.8. The molecule has 3 rings (SSSR count). The number of carbonyl (C=O) groups excluding carboxylic acids is 1. The molecule has 2 aromatic carbocycles. The van der Waals surface area contributed by atoms with Crippen LogP contribution in [0.15, 0.2) is 57.2 Å². The minimum Gasteiger partial charge on any atom is -0.309 e. The summed E-state index contributed by atoms with van der Waals surface area (Å²) in [7, 11) is 0. The summed E-state index contributed by atoms with van der Waals surface area (Å²) in [5, 5.41) is 3.33. The van der Waals surface area contributed by atoms with Gasteiger partial charge in [0.1, 0.15) is 11.7 Å². The number of nitrogens with zero attached hydrogens (tertiary/aromatic N) is 1. The van der Waals surface area contributed by atoms with Crippen LogP contribution in [0.5, 0.6) is 0 Å². The van der Waals surface area contributed by atoms with Crippen molar-refractivity contribution < 1.29 is 4.79 Å². The van der Waals surface area contributed by atoms with E-state index in [9.17, 15) is 4.79 Å². The number of carbonyl (C=O) groups is 1. The van der Waals surface area contributed by atoms with Gasteiger partial charge in [-0.15, -0.1) is 11.6 Å². The van der Waals surface area contributed by atoms with Crippen LogP contribution in [0, 0.1) is 0 Å². The van der Waals surface area contributed by atoms with Gasteiger partial charge >= 0.3 is 0 Å². The Morgan fingerprint density at radius 1 is 1.19 bits per heavy atom. The number of hydrogen-bond donors (Lipinski definition) is 1. The maximum atomic E-state index is 11.6. The maximum absolute atomic E-state index is 11.6. The van der Waals surface area contributed by atoms with Gasteiger partial charge in [0.25, 0.3) is 0 Å². The Bertz CT molecular complexity index is 746. The lowest BCUT2D eigenvalue weighted by molar-refractivity contribution is -0.117. The van der Waals surface area contributed by atoms with E-state index in [0.717, 1.165) is 21.0 Å². The topological polar surface area (TPSA) is 41.5 Å². The molecule has 106 valence electrons. The van der Waals surface area contributed by atoms with Crippen LogP contribution in [-0.2, 0) is 4.79 Å². The van der Waals surface area contributed by atoms with Crippen molar-refractivity contribution >= 4 is 52.4 Å². The van der Waals surface area contributed by atoms with Gasteiger partial charge in [-0.05, 0) is 30.3 Å². The quantitative estimate of drug-likeness (QED) is 0.791. The molecule has 0 saturated carbocycles. The van der Waals surface area contributed by atoms with Crippen LogP contribution in [-0.4, -0.2) is 17.6 Å². The second kappa shape index (κ2) is 6.10. The predicted molar refractivity (Wildman–Crippen MR) is 87.1 cm³/mol. The summed E-state index contributed by atoms with van der Waals surface area (Å²) < 4.78 is 0. The molecule has 0 spiro atoms. The Morgan fingerprint density at radius 2 is 2.00 bits per heavy atom. The zero-order valence-corrected chi connectivity index (χ0v) is 13.1. The molecule has 1 aliphatic heterocycles. The van der Waals surface area contributed by atoms with Gasteiger partial charge in [-0.1, -0.05) is 35.5 Å². The van der Waals surface area contributed by atoms with Crippen molar-refractivity contribution in [3.8, 4) is 0 Å². The monoisotopic (exact) mass is 336 g/mol. The maximum Gasteiger partial charge on any atom is 0.240 e. The molecule has 0 aliphatic carbocycles. The van der Waals surface area contributed by atoms with Crippen LogP contribution in [0.4, 0.5) is 5.69 Å². The molecule has 1 N–H and O–H groups in total. The molecule has 0 fully saturated rings. The summed E-state index contributed by atoms with van der Waals surface area (Å²) in [5.41, 5.74) is 1.60. The predicted octanol–water partition coefficient (Wildman–Crippen LogP) is 4.24. The number of nitrogens with one attached hydrogen (secondary N) is 1. The molecule has 0 aromatic heterocycles. The first-order valence-electron chi connectivity index (χ1n) is 6.18. The number of para-hydroxylation sites is 1. The van der Waals surface area contributed by atoms with Gasteiger partial charge in [-0.25, -0.2) is 4.99 Å². The molecule has 0 radical (unpaired) electrons. The highest BCUT2D eigenvalue weighted by Crippen LogP contribution is 2.40. The average molecular weight is 337 g/mol. The van der Waals surface area contributed by atoms with Crippen molar-refractivity contribution in [2.24, 2.45) is 4.99 Å². The SMILES string of the molecule is O=C(CCl)NC1=Nc2ccccc2Sc2ccc(Cl)cc21. The number of amidine groups is 1. The van der Waals surface area contributed by atoms with Crippen LogP contribution in [0.1, 0.15) is 5.56 Å². The lowest BCUT2D eigenvalue weighted by atomic mass is 10.2. The fraction of sp³-hybridized carbons (Fsp3) is 0.0667. The number of fused-ring (bicyclic) bond motifs is 2. The fourth-order valence-electron chi connectivity index (χ4n) is 1.97. The Kier molecular flexibility index (Phi) is 4.19. The van der Waals surface area contributed by atoms with Crippen molar-refractivity contribution in [2.45, 2.75) is 9.79 Å². The van der Waals surface area contributed by atoms with Gasteiger partial charge < -0.3 is 5.32 Å². The number of benzene rings is 2. The normalized spacial score (nSPS) is 12.8. The summed E-state index contributed by atoms with van der Waals surface area (Å²) in [6.07, 6.45) is 0.